The first-order valence-electron chi connectivity index (χ1n) is 11.5. The average Bonchev–Trinajstić information content (AvgIpc) is 2.85. The van der Waals surface area contributed by atoms with Crippen LogP contribution in [0.25, 0.3) is 0 Å². The first-order valence-corrected chi connectivity index (χ1v) is 11.5. The molecule has 0 bridgehead atoms. The van der Waals surface area contributed by atoms with Crippen molar-refractivity contribution in [1.82, 2.24) is 0 Å². The van der Waals surface area contributed by atoms with Crippen LogP contribution in [0.1, 0.15) is 51.4 Å². The highest BCUT2D eigenvalue weighted by molar-refractivity contribution is 5.66. The Bertz CT molecular complexity index is 1000. The van der Waals surface area contributed by atoms with Gasteiger partial charge in [0.25, 0.3) is 0 Å². The summed E-state index contributed by atoms with van der Waals surface area (Å²) >= 11 is 0. The van der Waals surface area contributed by atoms with Gasteiger partial charge in [-0.1, -0.05) is 37.5 Å². The molecule has 0 spiro atoms. The van der Waals surface area contributed by atoms with Crippen LogP contribution in [0.15, 0.2) is 0 Å². The molecule has 19 heteroatoms. The molecule has 0 amide bonds. The molecule has 0 saturated heterocycles. The Kier molecular flexibility index (Phi) is 13.8. The number of ether oxygens (including phenoxy) is 1. The Balaban J connectivity index is 5.18. The molecule has 0 aliphatic carbocycles. The topological polar surface area (TPSA) is 46.5 Å². The molecule has 0 unspecified atom stereocenters. The maximum absolute atomic E-state index is 13.7. The Morgan fingerprint density at radius 1 is 0.619 bits per heavy atom. The number of halogens is 16. The number of hydrogen-bond donors (Lipinski definition) is 1. The van der Waals surface area contributed by atoms with Crippen LogP contribution in [-0.4, -0.2) is 72.2 Å². The fourth-order valence-electron chi connectivity index (χ4n) is 2.87. The molecule has 0 aliphatic rings. The molecular formula is C23H22F16O3. The van der Waals surface area contributed by atoms with Crippen LogP contribution >= 0.6 is 0 Å². The standard InChI is InChI=1S/C23H22F16O3/c24-16(25)18(28,29)20(32,33)22(36,37)23(38,39)21(34,35)19(30,31)17(26,27)14-42-13-11-9-7-5-3-1-2-4-6-8-10-12-15(40)41/h16H,1-4,6,8,10,12-14H2,(H,40,41). The van der Waals surface area contributed by atoms with Gasteiger partial charge in [0.2, 0.25) is 0 Å². The van der Waals surface area contributed by atoms with Crippen molar-refractivity contribution >= 4 is 5.97 Å². The van der Waals surface area contributed by atoms with E-state index in [1.807, 2.05) is 5.92 Å². The molecule has 0 aliphatic heterocycles. The fraction of sp³-hybridized carbons (Fsp3) is 0.783. The summed E-state index contributed by atoms with van der Waals surface area (Å²) in [5.41, 5.74) is 0. The van der Waals surface area contributed by atoms with E-state index in [9.17, 15) is 75.0 Å². The van der Waals surface area contributed by atoms with E-state index in [-0.39, 0.29) is 12.8 Å². The van der Waals surface area contributed by atoms with E-state index in [4.69, 9.17) is 5.11 Å². The monoisotopic (exact) mass is 650 g/mol. The summed E-state index contributed by atoms with van der Waals surface area (Å²) in [5, 5.41) is 8.48. The van der Waals surface area contributed by atoms with Gasteiger partial charge in [0.1, 0.15) is 13.2 Å². The van der Waals surface area contributed by atoms with Crippen LogP contribution in [0.2, 0.25) is 0 Å². The Morgan fingerprint density at radius 2 is 1.05 bits per heavy atom. The Hall–Kier alpha value is -2.57. The normalized spacial score (nSPS) is 13.8. The molecule has 42 heavy (non-hydrogen) atoms. The zero-order chi connectivity index (χ0) is 33.3. The summed E-state index contributed by atoms with van der Waals surface area (Å²) < 4.78 is 216. The summed E-state index contributed by atoms with van der Waals surface area (Å²) in [4.78, 5) is 10.3. The van der Waals surface area contributed by atoms with Crippen molar-refractivity contribution in [1.29, 1.82) is 0 Å². The lowest BCUT2D eigenvalue weighted by atomic mass is 9.89. The third kappa shape index (κ3) is 8.50. The lowest BCUT2D eigenvalue weighted by molar-refractivity contribution is -0.448. The number of carboxylic acid groups (broad SMARTS) is 1. The Labute approximate surface area is 227 Å². The van der Waals surface area contributed by atoms with Gasteiger partial charge in [0, 0.05) is 12.8 Å². The van der Waals surface area contributed by atoms with E-state index < -0.39 is 67.1 Å². The zero-order valence-electron chi connectivity index (χ0n) is 21.0. The molecule has 1 N–H and O–H groups in total. The first kappa shape index (κ1) is 39.4. The maximum Gasteiger partial charge on any atom is 0.384 e. The number of alkyl halides is 16. The van der Waals surface area contributed by atoms with Gasteiger partial charge >= 0.3 is 53.9 Å². The van der Waals surface area contributed by atoms with Crippen LogP contribution in [0, 0.1) is 23.7 Å². The van der Waals surface area contributed by atoms with E-state index in [1.165, 1.54) is 0 Å². The van der Waals surface area contributed by atoms with E-state index in [0.717, 1.165) is 12.8 Å². The second kappa shape index (κ2) is 14.7. The van der Waals surface area contributed by atoms with Gasteiger partial charge in [0.15, 0.2) is 0 Å². The van der Waals surface area contributed by atoms with Crippen molar-refractivity contribution in [3.8, 4) is 23.7 Å². The average molecular weight is 650 g/mol. The summed E-state index contributed by atoms with van der Waals surface area (Å²) in [6, 6.07) is 0. The summed E-state index contributed by atoms with van der Waals surface area (Å²) in [7, 11) is 0. The molecule has 0 aromatic rings. The largest absolute Gasteiger partial charge is 0.481 e. The van der Waals surface area contributed by atoms with Gasteiger partial charge in [-0.15, -0.1) is 0 Å². The SMILES string of the molecule is O=C(O)CCCCCCCCC#CC#CCOCC(F)(F)C(F)(F)C(F)(F)C(F)(F)C(F)(F)C(F)(F)C(F)(F)C(F)F. The highest BCUT2D eigenvalue weighted by Gasteiger charge is 2.93. The highest BCUT2D eigenvalue weighted by atomic mass is 19.4. The Morgan fingerprint density at radius 3 is 1.55 bits per heavy atom. The van der Waals surface area contributed by atoms with Gasteiger partial charge in [-0.25, -0.2) is 8.78 Å². The molecule has 0 rings (SSSR count). The molecule has 0 radical (unpaired) electrons. The lowest BCUT2D eigenvalue weighted by Crippen LogP contribution is -2.74. The van der Waals surface area contributed by atoms with Gasteiger partial charge in [-0.05, 0) is 24.7 Å². The van der Waals surface area contributed by atoms with Gasteiger partial charge in [-0.3, -0.25) is 4.79 Å². The zero-order valence-corrected chi connectivity index (χ0v) is 21.0. The lowest BCUT2D eigenvalue weighted by Gasteiger charge is -2.42. The molecule has 3 nitrogen and oxygen atoms in total. The second-order valence-electron chi connectivity index (χ2n) is 8.61. The van der Waals surface area contributed by atoms with Crippen LogP contribution in [0.4, 0.5) is 70.2 Å². The first-order chi connectivity index (χ1) is 18.9. The summed E-state index contributed by atoms with van der Waals surface area (Å²) in [6.45, 7) is -4.25. The number of carbonyl (C=O) groups is 1. The van der Waals surface area contributed by atoms with E-state index >= 15 is 0 Å². The summed E-state index contributed by atoms with van der Waals surface area (Å²) in [5.74, 6) is -47.4. The molecule has 0 heterocycles. The van der Waals surface area contributed by atoms with Crippen LogP contribution in [0.5, 0.6) is 0 Å². The molecule has 0 fully saturated rings. The van der Waals surface area contributed by atoms with Crippen molar-refractivity contribution in [2.45, 2.75) is 99.2 Å². The van der Waals surface area contributed by atoms with Crippen molar-refractivity contribution in [3.05, 3.63) is 0 Å². The minimum absolute atomic E-state index is 0.0477. The number of rotatable bonds is 18. The maximum atomic E-state index is 13.7. The molecule has 244 valence electrons. The van der Waals surface area contributed by atoms with Crippen molar-refractivity contribution in [3.63, 3.8) is 0 Å². The molecule has 0 atom stereocenters. The quantitative estimate of drug-likeness (QED) is 0.0932. The predicted octanol–water partition coefficient (Wildman–Crippen LogP) is 7.93. The van der Waals surface area contributed by atoms with Gasteiger partial charge in [-0.2, -0.15) is 61.5 Å². The summed E-state index contributed by atoms with van der Waals surface area (Å²) in [6.07, 6.45) is -1.50. The van der Waals surface area contributed by atoms with E-state index in [1.54, 1.807) is 5.92 Å². The predicted molar refractivity (Wildman–Crippen MR) is 112 cm³/mol. The number of carboxylic acids is 1. The van der Waals surface area contributed by atoms with Gasteiger partial charge in [0.05, 0.1) is 0 Å². The minimum atomic E-state index is -8.44. The van der Waals surface area contributed by atoms with Crippen LogP contribution in [-0.2, 0) is 9.53 Å². The van der Waals surface area contributed by atoms with Crippen molar-refractivity contribution < 1.29 is 84.9 Å². The highest BCUT2D eigenvalue weighted by Crippen LogP contribution is 2.62. The van der Waals surface area contributed by atoms with E-state index in [2.05, 4.69) is 16.6 Å². The number of unbranched alkanes of at least 4 members (excludes halogenated alkanes) is 6. The third-order valence-corrected chi connectivity index (χ3v) is 5.37. The number of aliphatic carboxylic acids is 1. The third-order valence-electron chi connectivity index (χ3n) is 5.37. The number of hydrogen-bond acceptors (Lipinski definition) is 2. The molecule has 0 saturated carbocycles. The van der Waals surface area contributed by atoms with Gasteiger partial charge < -0.3 is 9.84 Å². The van der Waals surface area contributed by atoms with Crippen LogP contribution in [0.3, 0.4) is 0 Å². The second-order valence-corrected chi connectivity index (χ2v) is 8.61. The van der Waals surface area contributed by atoms with Crippen molar-refractivity contribution in [2.75, 3.05) is 13.2 Å². The minimum Gasteiger partial charge on any atom is -0.481 e. The van der Waals surface area contributed by atoms with E-state index in [0.29, 0.717) is 25.7 Å². The smallest absolute Gasteiger partial charge is 0.384 e. The molecule has 0 aromatic heterocycles. The molecule has 0 aromatic carbocycles. The van der Waals surface area contributed by atoms with Crippen molar-refractivity contribution in [2.24, 2.45) is 0 Å². The van der Waals surface area contributed by atoms with Crippen LogP contribution < -0.4 is 0 Å². The fourth-order valence-corrected chi connectivity index (χ4v) is 2.87. The molecular weight excluding hydrogens is 628 g/mol.